The van der Waals surface area contributed by atoms with Gasteiger partial charge >= 0.3 is 0 Å². The fourth-order valence-corrected chi connectivity index (χ4v) is 6.13. The Morgan fingerprint density at radius 1 is 0.872 bits per heavy atom. The zero-order valence-corrected chi connectivity index (χ0v) is 22.6. The van der Waals surface area contributed by atoms with Crippen molar-refractivity contribution in [2.24, 2.45) is 10.9 Å². The smallest absolute Gasteiger partial charge is 0.256 e. The molecule has 0 bridgehead atoms. The summed E-state index contributed by atoms with van der Waals surface area (Å²) in [6.45, 7) is 4.30. The van der Waals surface area contributed by atoms with Gasteiger partial charge in [0.25, 0.3) is 11.8 Å². The summed E-state index contributed by atoms with van der Waals surface area (Å²) in [6.07, 6.45) is 5.78. The van der Waals surface area contributed by atoms with Gasteiger partial charge in [0.05, 0.1) is 42.8 Å². The summed E-state index contributed by atoms with van der Waals surface area (Å²) in [4.78, 5) is 35.0. The van der Waals surface area contributed by atoms with Crippen molar-refractivity contribution in [3.8, 4) is 23.0 Å². The molecule has 0 aliphatic carbocycles. The lowest BCUT2D eigenvalue weighted by Gasteiger charge is -2.33. The van der Waals surface area contributed by atoms with E-state index in [-0.39, 0.29) is 30.7 Å². The number of fused-ring (bicyclic) bond motifs is 4. The molecule has 2 amide bonds. The first-order chi connectivity index (χ1) is 19.0. The van der Waals surface area contributed by atoms with E-state index in [1.54, 1.807) is 31.4 Å². The van der Waals surface area contributed by atoms with Crippen molar-refractivity contribution >= 4 is 29.4 Å². The number of amides is 2. The minimum atomic E-state index is -0.144. The van der Waals surface area contributed by atoms with E-state index in [9.17, 15) is 9.59 Å². The average molecular weight is 535 g/mol. The van der Waals surface area contributed by atoms with Crippen LogP contribution in [-0.4, -0.2) is 80.6 Å². The predicted octanol–water partition coefficient (Wildman–Crippen LogP) is 4.11. The topological polar surface area (TPSA) is 102 Å². The molecule has 1 N–H and O–H groups in total. The van der Waals surface area contributed by atoms with Crippen LogP contribution >= 0.6 is 0 Å². The third-order valence-electron chi connectivity index (χ3n) is 8.25. The Morgan fingerprint density at radius 3 is 2.31 bits per heavy atom. The molecule has 3 atom stereocenters. The first-order valence-electron chi connectivity index (χ1n) is 13.6. The van der Waals surface area contributed by atoms with E-state index < -0.39 is 0 Å². The van der Waals surface area contributed by atoms with E-state index in [2.05, 4.69) is 17.2 Å². The van der Waals surface area contributed by atoms with Gasteiger partial charge in [-0.3, -0.25) is 14.6 Å². The molecule has 0 spiro atoms. The molecule has 4 aliphatic rings. The summed E-state index contributed by atoms with van der Waals surface area (Å²) in [5, 5.41) is 3.44. The number of nitrogens with one attached hydrogen (secondary N) is 1. The van der Waals surface area contributed by atoms with Crippen LogP contribution in [0.4, 0.5) is 11.4 Å². The maximum absolute atomic E-state index is 13.4. The SMILES string of the molecule is COc1cc2c(cc1OCOc1cc3c(cc1OC)C(=O)N1CCCC1C(C)CN3)N=C[C@@H]1CCCN1C2=O. The Morgan fingerprint density at radius 2 is 1.54 bits per heavy atom. The minimum absolute atomic E-state index is 0.0120. The van der Waals surface area contributed by atoms with Gasteiger partial charge in [-0.05, 0) is 43.7 Å². The number of hydrogen-bond donors (Lipinski definition) is 1. The van der Waals surface area contributed by atoms with Crippen LogP contribution in [0.5, 0.6) is 23.0 Å². The summed E-state index contributed by atoms with van der Waals surface area (Å²) in [7, 11) is 3.08. The molecule has 2 aromatic carbocycles. The highest BCUT2D eigenvalue weighted by Crippen LogP contribution is 2.40. The van der Waals surface area contributed by atoms with Crippen LogP contribution in [0.1, 0.15) is 53.3 Å². The van der Waals surface area contributed by atoms with Gasteiger partial charge in [-0.2, -0.15) is 0 Å². The number of ether oxygens (including phenoxy) is 4. The summed E-state index contributed by atoms with van der Waals surface area (Å²) < 4.78 is 23.1. The Bertz CT molecular complexity index is 1330. The van der Waals surface area contributed by atoms with Crippen molar-refractivity contribution in [3.05, 3.63) is 35.4 Å². The third-order valence-corrected chi connectivity index (χ3v) is 8.25. The van der Waals surface area contributed by atoms with Crippen molar-refractivity contribution in [2.75, 3.05) is 46.0 Å². The molecule has 0 radical (unpaired) electrons. The molecule has 2 aromatic rings. The Kier molecular flexibility index (Phi) is 6.70. The first-order valence-corrected chi connectivity index (χ1v) is 13.6. The first kappa shape index (κ1) is 25.3. The van der Waals surface area contributed by atoms with Gasteiger partial charge in [-0.25, -0.2) is 0 Å². The van der Waals surface area contributed by atoms with Crippen molar-refractivity contribution in [1.29, 1.82) is 0 Å². The lowest BCUT2D eigenvalue weighted by atomic mass is 9.96. The normalized spacial score (nSPS) is 23.5. The van der Waals surface area contributed by atoms with Crippen LogP contribution in [-0.2, 0) is 0 Å². The van der Waals surface area contributed by atoms with Crippen LogP contribution in [0, 0.1) is 5.92 Å². The van der Waals surface area contributed by atoms with E-state index in [1.807, 2.05) is 16.0 Å². The van der Waals surface area contributed by atoms with Gasteiger partial charge in [0.15, 0.2) is 23.0 Å². The highest BCUT2D eigenvalue weighted by Gasteiger charge is 2.36. The van der Waals surface area contributed by atoms with Gasteiger partial charge in [0.2, 0.25) is 6.79 Å². The molecule has 6 rings (SSSR count). The van der Waals surface area contributed by atoms with Crippen molar-refractivity contribution in [3.63, 3.8) is 0 Å². The lowest BCUT2D eigenvalue weighted by molar-refractivity contribution is 0.0694. The van der Waals surface area contributed by atoms with Crippen molar-refractivity contribution in [1.82, 2.24) is 9.80 Å². The van der Waals surface area contributed by atoms with Crippen LogP contribution < -0.4 is 24.3 Å². The molecule has 0 saturated carbocycles. The predicted molar refractivity (Wildman–Crippen MR) is 146 cm³/mol. The molecule has 4 aliphatic heterocycles. The zero-order valence-electron chi connectivity index (χ0n) is 22.6. The number of nitrogens with zero attached hydrogens (tertiary/aromatic N) is 3. The van der Waals surface area contributed by atoms with Gasteiger partial charge in [0.1, 0.15) is 0 Å². The van der Waals surface area contributed by atoms with E-state index in [0.717, 1.165) is 45.3 Å². The largest absolute Gasteiger partial charge is 0.493 e. The fraction of sp³-hybridized carbons (Fsp3) is 0.483. The number of rotatable bonds is 6. The van der Waals surface area contributed by atoms with Crippen molar-refractivity contribution in [2.45, 2.75) is 44.7 Å². The number of benzene rings is 2. The summed E-state index contributed by atoms with van der Waals surface area (Å²) in [6, 6.07) is 7.19. The lowest BCUT2D eigenvalue weighted by Crippen LogP contribution is -2.43. The summed E-state index contributed by atoms with van der Waals surface area (Å²) in [5.41, 5.74) is 2.33. The van der Waals surface area contributed by atoms with Crippen LogP contribution in [0.15, 0.2) is 29.3 Å². The molecule has 0 aromatic heterocycles. The van der Waals surface area contributed by atoms with E-state index >= 15 is 0 Å². The third kappa shape index (κ3) is 4.51. The standard InChI is InChI=1S/C29H34N4O6/c1-17-14-30-21-12-26(25(37-3)11-20(21)29(35)33-9-5-7-23(17)33)38-16-39-27-13-22-19(10-24(27)36-2)28(34)32-8-4-6-18(32)15-31-22/h10-13,15,17-18,23,30H,4-9,14,16H2,1-3H3/t17?,18-,23?/m0/s1. The minimum Gasteiger partial charge on any atom is -0.493 e. The summed E-state index contributed by atoms with van der Waals surface area (Å²) >= 11 is 0. The Hall–Kier alpha value is -3.95. The van der Waals surface area contributed by atoms with E-state index in [1.165, 1.54) is 7.11 Å². The highest BCUT2D eigenvalue weighted by atomic mass is 16.7. The number of aliphatic imine (C=N–C) groups is 1. The number of carbonyl (C=O) groups is 2. The zero-order chi connectivity index (χ0) is 27.1. The monoisotopic (exact) mass is 534 g/mol. The molecule has 2 saturated heterocycles. The number of hydrogen-bond acceptors (Lipinski definition) is 8. The maximum Gasteiger partial charge on any atom is 0.256 e. The van der Waals surface area contributed by atoms with E-state index in [0.29, 0.717) is 51.4 Å². The second-order valence-corrected chi connectivity index (χ2v) is 10.5. The number of carbonyl (C=O) groups excluding carboxylic acids is 2. The second kappa shape index (κ2) is 10.3. The molecule has 2 unspecified atom stereocenters. The molecular weight excluding hydrogens is 500 g/mol. The highest BCUT2D eigenvalue weighted by molar-refractivity contribution is 6.03. The Balaban J connectivity index is 1.22. The number of methoxy groups -OCH3 is 2. The molecule has 39 heavy (non-hydrogen) atoms. The van der Waals surface area contributed by atoms with Crippen LogP contribution in [0.25, 0.3) is 0 Å². The quantitative estimate of drug-likeness (QED) is 0.557. The maximum atomic E-state index is 13.4. The van der Waals surface area contributed by atoms with Crippen LogP contribution in [0.3, 0.4) is 0 Å². The van der Waals surface area contributed by atoms with Crippen molar-refractivity contribution < 1.29 is 28.5 Å². The average Bonchev–Trinajstić information content (AvgIpc) is 3.61. The molecular formula is C29H34N4O6. The Labute approximate surface area is 227 Å². The molecule has 4 heterocycles. The van der Waals surface area contributed by atoms with Gasteiger partial charge in [-0.1, -0.05) is 6.92 Å². The molecule has 206 valence electrons. The van der Waals surface area contributed by atoms with E-state index in [4.69, 9.17) is 18.9 Å². The molecule has 10 heteroatoms. The van der Waals surface area contributed by atoms with Gasteiger partial charge < -0.3 is 34.1 Å². The van der Waals surface area contributed by atoms with Crippen LogP contribution in [0.2, 0.25) is 0 Å². The van der Waals surface area contributed by atoms with Gasteiger partial charge in [0, 0.05) is 44.0 Å². The second-order valence-electron chi connectivity index (χ2n) is 10.5. The fourth-order valence-electron chi connectivity index (χ4n) is 6.13. The number of anilines is 1. The molecule has 10 nitrogen and oxygen atoms in total. The van der Waals surface area contributed by atoms with Gasteiger partial charge in [-0.15, -0.1) is 0 Å². The summed E-state index contributed by atoms with van der Waals surface area (Å²) in [5.74, 6) is 2.03. The molecule has 2 fully saturated rings.